The van der Waals surface area contributed by atoms with Gasteiger partial charge in [0.1, 0.15) is 134 Å². The number of unbranched alkanes of at least 4 members (excludes halogenated alkanes) is 3. The average molecular weight is 1380 g/mol. The molecule has 540 valence electrons. The zero-order valence-electron chi connectivity index (χ0n) is 51.1. The Morgan fingerprint density at radius 3 is 1.15 bits per heavy atom. The summed E-state index contributed by atoms with van der Waals surface area (Å²) in [5.41, 5.74) is -1.32. The third-order valence-corrected chi connectivity index (χ3v) is 16.3. The van der Waals surface area contributed by atoms with Gasteiger partial charge in [-0.15, -0.1) is 0 Å². The fourth-order valence-corrected chi connectivity index (χ4v) is 11.6. The number of aliphatic hydroxyl groups is 13. The molecule has 1 aromatic carbocycles. The second kappa shape index (κ2) is 33.8. The molecule has 1 aromatic rings. The molecule has 95 heavy (non-hydrogen) atoms. The van der Waals surface area contributed by atoms with E-state index in [0.717, 1.165) is 20.8 Å². The van der Waals surface area contributed by atoms with Crippen LogP contribution in [0.1, 0.15) is 53.4 Å². The highest BCUT2D eigenvalue weighted by Gasteiger charge is 2.60. The Bertz CT molecular complexity index is 2820. The maximum atomic E-state index is 13.1. The molecular weight excluding hydrogens is 1300 g/mol. The van der Waals surface area contributed by atoms with Crippen molar-refractivity contribution in [3.05, 3.63) is 20.4 Å². The van der Waals surface area contributed by atoms with Gasteiger partial charge in [-0.1, -0.05) is 12.8 Å². The smallest absolute Gasteiger partial charge is 0.335 e. The zero-order valence-corrected chi connectivity index (χ0v) is 51.1. The molecule has 6 fully saturated rings. The van der Waals surface area contributed by atoms with Gasteiger partial charge in [0.15, 0.2) is 61.8 Å². The quantitative estimate of drug-likeness (QED) is 0.0251. The second-order valence-corrected chi connectivity index (χ2v) is 23.1. The van der Waals surface area contributed by atoms with Crippen LogP contribution in [0.5, 0.6) is 5.75 Å². The van der Waals surface area contributed by atoms with Crippen LogP contribution in [0.3, 0.4) is 0 Å². The van der Waals surface area contributed by atoms with Gasteiger partial charge in [-0.2, -0.15) is 0 Å². The molecule has 30 atom stereocenters. The summed E-state index contributed by atoms with van der Waals surface area (Å²) < 4.78 is 73.9. The van der Waals surface area contributed by atoms with E-state index in [1.165, 1.54) is 0 Å². The van der Waals surface area contributed by atoms with Gasteiger partial charge in [0.2, 0.25) is 17.7 Å². The molecule has 0 radical (unpaired) electrons. The van der Waals surface area contributed by atoms with Crippen LogP contribution in [-0.2, 0) is 85.6 Å². The lowest BCUT2D eigenvalue weighted by Gasteiger charge is -2.50. The van der Waals surface area contributed by atoms with Gasteiger partial charge in [-0.3, -0.25) is 24.0 Å². The minimum Gasteiger partial charge on any atom is -0.488 e. The molecule has 7 rings (SSSR count). The highest BCUT2D eigenvalue weighted by molar-refractivity contribution is 5.75. The molecule has 6 aliphatic rings. The molecule has 41 nitrogen and oxygen atoms in total. The Morgan fingerprint density at radius 2 is 0.768 bits per heavy atom. The van der Waals surface area contributed by atoms with Gasteiger partial charge in [0.05, 0.1) is 26.4 Å². The second-order valence-electron chi connectivity index (χ2n) is 23.1. The van der Waals surface area contributed by atoms with Gasteiger partial charge in [0, 0.05) is 33.9 Å². The van der Waals surface area contributed by atoms with Crippen LogP contribution < -0.4 is 36.9 Å². The molecule has 41 heteroatoms. The Kier molecular flexibility index (Phi) is 27.4. The monoisotopic (exact) mass is 1380 g/mol. The van der Waals surface area contributed by atoms with Crippen LogP contribution in [0, 0.1) is 0 Å². The molecule has 6 heterocycles. The number of carbonyl (C=O) groups excluding carboxylic acids is 3. The minimum absolute atomic E-state index is 0.0324. The molecule has 0 aliphatic carbocycles. The Hall–Kier alpha value is -5.50. The van der Waals surface area contributed by atoms with Gasteiger partial charge >= 0.3 is 17.9 Å². The standard InChI is InChI=1S/C54H82N4O37/c1-5-83-37-21(28(68)30(37)70)55-10-8-6-7-9-11-84-49-22(56-15(2)62)38(25(65)18(12-59)85-49)88-53-35(75)32(72)41(44(94-53)47(79)80)92-51-24(58-17(4)64)40(27(67)20(14-61)87-51)90-54-36(76)33(73)42(45(95-54)48(81)82)91-50-23(57-16(3)63)39(26(66)19(13-60)86-50)89-52-34(74)29(69)31(71)43(93-52)46(77)78/h18-20,22-27,29,31-36,38-45,49-55,59-61,65-67,69,71-76H,5-14H2,1-4H3,(H,56,62)(H,57,63)(H,58,64)(H,77,78)(H,79,80)(H,81,82)/t18-,19-,20-,22-,23-,24-,25-,26-,27-,29+,31+,32-,33-,34-,35-,36-,38-,39-,40-,41+,42+,43+,44+,45+,49-,50+,51+,52-,53-,54-/m1/s1. The van der Waals surface area contributed by atoms with Crippen LogP contribution in [0.4, 0.5) is 5.69 Å². The average Bonchev–Trinajstić information content (AvgIpc) is 0.775. The van der Waals surface area contributed by atoms with E-state index in [-0.39, 0.29) is 24.7 Å². The SMILES string of the molecule is CCOc1c(NCCCCCCO[C@@H]2O[C@H](CO)[C@@H](O)[C@H](O[C@@H]3O[C@H](C(=O)O)[C@@H](O[C@@H]4O[C@H](CO)[C@@H](O)[C@H](O[C@@H]5O[C@H](C(=O)O)[C@@H](O[C@@H]6O[C@H](CO)[C@@H](O)[C@H](O[C@@H]7O[C@H](C(=O)O)[C@@H](O)[C@H](O)[C@H]7O)[C@H]6NC(C)=O)[C@H](O)[C@H]5O)[C@H]4NC(C)=O)[C@H](O)[C@H]3O)[C@H]2NC(C)=O)c(=O)c1=O. The number of carbonyl (C=O) groups is 6. The van der Waals surface area contributed by atoms with E-state index in [2.05, 4.69) is 21.3 Å². The van der Waals surface area contributed by atoms with Gasteiger partial charge in [-0.25, -0.2) is 14.4 Å². The van der Waals surface area contributed by atoms with E-state index in [1.807, 2.05) is 0 Å². The first-order chi connectivity index (χ1) is 44.9. The summed E-state index contributed by atoms with van der Waals surface area (Å²) in [5, 5.41) is 184. The van der Waals surface area contributed by atoms with Gasteiger partial charge in [-0.05, 0) is 19.8 Å². The van der Waals surface area contributed by atoms with Crippen LogP contribution in [0.25, 0.3) is 0 Å². The van der Waals surface area contributed by atoms with Crippen molar-refractivity contribution in [1.29, 1.82) is 0 Å². The molecule has 6 aliphatic heterocycles. The molecule has 0 spiro atoms. The van der Waals surface area contributed by atoms with E-state index in [1.54, 1.807) is 6.92 Å². The molecule has 6 saturated heterocycles. The van der Waals surface area contributed by atoms with Crippen LogP contribution >= 0.6 is 0 Å². The summed E-state index contributed by atoms with van der Waals surface area (Å²) in [6.45, 7) is 1.78. The lowest BCUT2D eigenvalue weighted by molar-refractivity contribution is -0.377. The summed E-state index contributed by atoms with van der Waals surface area (Å²) in [5.74, 6) is -8.58. The lowest BCUT2D eigenvalue weighted by Crippen LogP contribution is -2.71. The zero-order chi connectivity index (χ0) is 70.2. The van der Waals surface area contributed by atoms with Crippen molar-refractivity contribution in [1.82, 2.24) is 16.0 Å². The summed E-state index contributed by atoms with van der Waals surface area (Å²) in [6, 6.07) is -5.48. The number of hydrogen-bond acceptors (Lipinski definition) is 35. The maximum absolute atomic E-state index is 13.1. The van der Waals surface area contributed by atoms with E-state index >= 15 is 0 Å². The number of nitrogens with one attached hydrogen (secondary N) is 4. The summed E-state index contributed by atoms with van der Waals surface area (Å²) >= 11 is 0. The Labute approximate surface area is 536 Å². The van der Waals surface area contributed by atoms with Crippen molar-refractivity contribution in [2.75, 3.05) is 44.9 Å². The first kappa shape index (κ1) is 76.9. The van der Waals surface area contributed by atoms with Crippen LogP contribution in [-0.4, -0.2) is 341 Å². The highest BCUT2D eigenvalue weighted by Crippen LogP contribution is 2.38. The Morgan fingerprint density at radius 1 is 0.411 bits per heavy atom. The van der Waals surface area contributed by atoms with Crippen LogP contribution in [0.15, 0.2) is 9.59 Å². The number of amides is 3. The maximum Gasteiger partial charge on any atom is 0.335 e. The largest absolute Gasteiger partial charge is 0.488 e. The number of hydrogen-bond donors (Lipinski definition) is 20. The molecule has 0 bridgehead atoms. The topological polar surface area (TPSA) is 628 Å². The normalized spacial score (nSPS) is 40.7. The van der Waals surface area contributed by atoms with E-state index < -0.39 is 250 Å². The Balaban J connectivity index is 1.06. The fraction of sp³-hybridized carbons (Fsp3) is 0.815. The van der Waals surface area contributed by atoms with Crippen molar-refractivity contribution in [3.63, 3.8) is 0 Å². The number of anilines is 1. The van der Waals surface area contributed by atoms with Crippen molar-refractivity contribution in [2.45, 2.75) is 237 Å². The summed E-state index contributed by atoms with van der Waals surface area (Å²) in [4.78, 5) is 99.9. The molecule has 3 amide bonds. The first-order valence-electron chi connectivity index (χ1n) is 30.1. The van der Waals surface area contributed by atoms with Crippen molar-refractivity contribution >= 4 is 41.3 Å². The van der Waals surface area contributed by atoms with Crippen molar-refractivity contribution in [2.24, 2.45) is 0 Å². The first-order valence-corrected chi connectivity index (χ1v) is 30.1. The van der Waals surface area contributed by atoms with Crippen molar-refractivity contribution in [3.8, 4) is 5.75 Å². The number of carboxylic acid groups (broad SMARTS) is 3. The number of carboxylic acids is 3. The highest BCUT2D eigenvalue weighted by atomic mass is 16.8. The van der Waals surface area contributed by atoms with E-state index in [0.29, 0.717) is 32.2 Å². The molecule has 0 aromatic heterocycles. The van der Waals surface area contributed by atoms with E-state index in [9.17, 15) is 120 Å². The number of ether oxygens (including phenoxy) is 13. The van der Waals surface area contributed by atoms with Crippen molar-refractivity contribution < 1.29 is 172 Å². The van der Waals surface area contributed by atoms with E-state index in [4.69, 9.17) is 61.6 Å². The third kappa shape index (κ3) is 17.5. The minimum atomic E-state index is -2.54. The number of rotatable bonds is 30. The molecule has 0 unspecified atom stereocenters. The lowest BCUT2D eigenvalue weighted by atomic mass is 9.93. The third-order valence-electron chi connectivity index (χ3n) is 16.3. The van der Waals surface area contributed by atoms with Gasteiger partial charge in [0.25, 0.3) is 10.9 Å². The number of aliphatic hydroxyl groups excluding tert-OH is 13. The van der Waals surface area contributed by atoms with Gasteiger partial charge < -0.3 is 165 Å². The molecular formula is C54H82N4O37. The number of aliphatic carboxylic acids is 3. The predicted octanol–water partition coefficient (Wildman–Crippen LogP) is -11.7. The summed E-state index contributed by atoms with van der Waals surface area (Å²) in [6.07, 6.45) is -57.0. The molecule has 0 saturated carbocycles. The molecule has 20 N–H and O–H groups in total. The predicted molar refractivity (Wildman–Crippen MR) is 299 cm³/mol. The van der Waals surface area contributed by atoms with Crippen LogP contribution in [0.2, 0.25) is 0 Å². The summed E-state index contributed by atoms with van der Waals surface area (Å²) in [7, 11) is 0. The fourth-order valence-electron chi connectivity index (χ4n) is 11.6.